The van der Waals surface area contributed by atoms with E-state index in [0.717, 1.165) is 16.2 Å². The van der Waals surface area contributed by atoms with Crippen molar-refractivity contribution in [3.05, 3.63) is 41.6 Å². The van der Waals surface area contributed by atoms with Crippen molar-refractivity contribution in [2.75, 3.05) is 18.0 Å². The minimum Gasteiger partial charge on any atom is -0.363 e. The number of anilines is 1. The van der Waals surface area contributed by atoms with Crippen LogP contribution in [0.2, 0.25) is 0 Å². The summed E-state index contributed by atoms with van der Waals surface area (Å²) in [6.07, 6.45) is -0.175. The van der Waals surface area contributed by atoms with Gasteiger partial charge in [0.1, 0.15) is 0 Å². The van der Waals surface area contributed by atoms with Crippen molar-refractivity contribution >= 4 is 33.7 Å². The van der Waals surface area contributed by atoms with E-state index in [1.807, 2.05) is 51.1 Å². The maximum atomic E-state index is 13.9. The Morgan fingerprint density at radius 1 is 1.26 bits per heavy atom. The number of halogens is 2. The lowest BCUT2D eigenvalue weighted by Gasteiger charge is -2.23. The molecule has 0 aliphatic carbocycles. The molecule has 0 atom stereocenters. The number of aromatic nitrogens is 4. The molecule has 1 saturated heterocycles. The topological polar surface area (TPSA) is 63.9 Å². The molecule has 0 unspecified atom stereocenters. The second-order valence-electron chi connectivity index (χ2n) is 8.92. The van der Waals surface area contributed by atoms with E-state index >= 15 is 0 Å². The Hall–Kier alpha value is -2.55. The molecule has 1 aromatic carbocycles. The zero-order valence-electron chi connectivity index (χ0n) is 18.0. The fourth-order valence-corrected chi connectivity index (χ4v) is 4.37. The number of alkyl halides is 2. The van der Waals surface area contributed by atoms with E-state index in [1.54, 1.807) is 9.58 Å². The summed E-state index contributed by atoms with van der Waals surface area (Å²) in [5.74, 6) is -2.71. The zero-order valence-corrected chi connectivity index (χ0v) is 18.8. The van der Waals surface area contributed by atoms with Crippen molar-refractivity contribution in [3.8, 4) is 0 Å². The van der Waals surface area contributed by atoms with Crippen LogP contribution < -0.4 is 4.90 Å². The van der Waals surface area contributed by atoms with E-state index in [4.69, 9.17) is 4.98 Å². The molecule has 3 heterocycles. The Morgan fingerprint density at radius 2 is 2.00 bits per heavy atom. The average Bonchev–Trinajstić information content (AvgIpc) is 3.24. The maximum absolute atomic E-state index is 13.9. The largest absolute Gasteiger partial charge is 0.363 e. The van der Waals surface area contributed by atoms with Gasteiger partial charge in [0.05, 0.1) is 24.5 Å². The highest BCUT2D eigenvalue weighted by molar-refractivity contribution is 8.13. The van der Waals surface area contributed by atoms with Crippen molar-refractivity contribution in [1.82, 2.24) is 20.0 Å². The first-order chi connectivity index (χ1) is 14.5. The van der Waals surface area contributed by atoms with E-state index < -0.39 is 5.92 Å². The van der Waals surface area contributed by atoms with Crippen molar-refractivity contribution in [2.45, 2.75) is 56.9 Å². The highest BCUT2D eigenvalue weighted by Crippen LogP contribution is 2.36. The third-order valence-electron chi connectivity index (χ3n) is 5.28. The molecule has 4 rings (SSSR count). The molecule has 164 valence electrons. The first-order valence-electron chi connectivity index (χ1n) is 10.2. The number of nitrogens with zero attached hydrogens (tertiary/aromatic N) is 5. The predicted molar refractivity (Wildman–Crippen MR) is 118 cm³/mol. The maximum Gasteiger partial charge on any atom is 0.266 e. The van der Waals surface area contributed by atoms with Gasteiger partial charge in [-0.25, -0.2) is 18.4 Å². The summed E-state index contributed by atoms with van der Waals surface area (Å²) < 4.78 is 29.5. The normalized spacial score (nSPS) is 16.3. The van der Waals surface area contributed by atoms with Gasteiger partial charge in [-0.1, -0.05) is 55.9 Å². The minimum absolute atomic E-state index is 0.00119. The van der Waals surface area contributed by atoms with Crippen molar-refractivity contribution in [3.63, 3.8) is 0 Å². The molecule has 0 amide bonds. The molecular weight excluding hydrogens is 420 g/mol. The van der Waals surface area contributed by atoms with E-state index in [-0.39, 0.29) is 30.0 Å². The van der Waals surface area contributed by atoms with Crippen LogP contribution in [-0.4, -0.2) is 44.1 Å². The second-order valence-corrected chi connectivity index (χ2v) is 10.1. The van der Waals surface area contributed by atoms with E-state index in [9.17, 15) is 13.6 Å². The zero-order chi connectivity index (χ0) is 22.4. The molecule has 6 nitrogen and oxygen atoms in total. The van der Waals surface area contributed by atoms with Crippen LogP contribution in [0.4, 0.5) is 14.5 Å². The SMILES string of the molecule is CC(=O)Sc1ccccc1Cn1nnc2c(N3CCC(F)(F)C3)cc(C(C)(C)C)nc21. The molecule has 0 saturated carbocycles. The number of hydrogen-bond acceptors (Lipinski definition) is 6. The monoisotopic (exact) mass is 445 g/mol. The average molecular weight is 446 g/mol. The van der Waals surface area contributed by atoms with Gasteiger partial charge >= 0.3 is 0 Å². The summed E-state index contributed by atoms with van der Waals surface area (Å²) in [4.78, 5) is 19.0. The van der Waals surface area contributed by atoms with Crippen LogP contribution in [0.15, 0.2) is 35.2 Å². The number of fused-ring (bicyclic) bond motifs is 1. The van der Waals surface area contributed by atoms with Crippen LogP contribution in [-0.2, 0) is 16.8 Å². The Bertz CT molecular complexity index is 1140. The highest BCUT2D eigenvalue weighted by atomic mass is 32.2. The third-order valence-corrected chi connectivity index (χ3v) is 6.18. The lowest BCUT2D eigenvalue weighted by molar-refractivity contribution is -0.109. The number of thioether (sulfide) groups is 1. The number of pyridine rings is 1. The molecule has 3 aromatic rings. The number of rotatable bonds is 4. The lowest BCUT2D eigenvalue weighted by atomic mass is 9.91. The standard InChI is InChI=1S/C22H25F2N5OS/c1-14(30)31-17-8-6-5-7-15(17)12-29-20-19(26-27-29)16(11-18(25-20)21(2,3)4)28-10-9-22(23,24)13-28/h5-8,11H,9-10,12-13H2,1-4H3. The molecular formula is C22H25F2N5OS. The van der Waals surface area contributed by atoms with E-state index in [1.165, 1.54) is 18.7 Å². The number of carbonyl (C=O) groups is 1. The summed E-state index contributed by atoms with van der Waals surface area (Å²) in [5.41, 5.74) is 3.15. The van der Waals surface area contributed by atoms with Gasteiger partial charge in [-0.3, -0.25) is 4.79 Å². The van der Waals surface area contributed by atoms with Crippen molar-refractivity contribution in [2.24, 2.45) is 0 Å². The van der Waals surface area contributed by atoms with Gasteiger partial charge in [0.25, 0.3) is 5.92 Å². The van der Waals surface area contributed by atoms with Crippen LogP contribution in [0.25, 0.3) is 11.2 Å². The van der Waals surface area contributed by atoms with Crippen LogP contribution in [0.5, 0.6) is 0 Å². The summed E-state index contributed by atoms with van der Waals surface area (Å²) in [5, 5.41) is 8.61. The molecule has 31 heavy (non-hydrogen) atoms. The lowest BCUT2D eigenvalue weighted by Crippen LogP contribution is -2.26. The molecule has 0 spiro atoms. The molecule has 9 heteroatoms. The van der Waals surface area contributed by atoms with Crippen LogP contribution in [0.1, 0.15) is 45.4 Å². The van der Waals surface area contributed by atoms with Gasteiger partial charge in [-0.05, 0) is 17.7 Å². The molecule has 0 radical (unpaired) electrons. The Morgan fingerprint density at radius 3 is 2.65 bits per heavy atom. The van der Waals surface area contributed by atoms with Gasteiger partial charge in [-0.15, -0.1) is 5.10 Å². The fourth-order valence-electron chi connectivity index (χ4n) is 3.65. The van der Waals surface area contributed by atoms with Crippen LogP contribution >= 0.6 is 11.8 Å². The quantitative estimate of drug-likeness (QED) is 0.545. The van der Waals surface area contributed by atoms with E-state index in [0.29, 0.717) is 23.4 Å². The molecule has 1 aliphatic heterocycles. The first-order valence-corrected chi connectivity index (χ1v) is 11.0. The fraction of sp³-hybridized carbons (Fsp3) is 0.455. The van der Waals surface area contributed by atoms with E-state index in [2.05, 4.69) is 10.3 Å². The first kappa shape index (κ1) is 21.7. The van der Waals surface area contributed by atoms with Gasteiger partial charge in [-0.2, -0.15) is 0 Å². The molecule has 2 aromatic heterocycles. The molecule has 0 N–H and O–H groups in total. The van der Waals surface area contributed by atoms with Gasteiger partial charge < -0.3 is 4.90 Å². The van der Waals surface area contributed by atoms with Crippen molar-refractivity contribution < 1.29 is 13.6 Å². The summed E-state index contributed by atoms with van der Waals surface area (Å²) >= 11 is 1.17. The Labute approximate surface area is 184 Å². The molecule has 0 bridgehead atoms. The molecule has 1 aliphatic rings. The third kappa shape index (κ3) is 4.56. The molecule has 1 fully saturated rings. The van der Waals surface area contributed by atoms with Gasteiger partial charge in [0.2, 0.25) is 0 Å². The Balaban J connectivity index is 1.80. The van der Waals surface area contributed by atoms with Crippen LogP contribution in [0.3, 0.4) is 0 Å². The second kappa shape index (κ2) is 7.85. The summed E-state index contributed by atoms with van der Waals surface area (Å²) in [6.45, 7) is 7.95. The van der Waals surface area contributed by atoms with Gasteiger partial charge in [0, 0.05) is 30.2 Å². The summed E-state index contributed by atoms with van der Waals surface area (Å²) in [7, 11) is 0. The van der Waals surface area contributed by atoms with Crippen LogP contribution in [0, 0.1) is 0 Å². The van der Waals surface area contributed by atoms with Gasteiger partial charge in [0.15, 0.2) is 16.3 Å². The number of benzene rings is 1. The highest BCUT2D eigenvalue weighted by Gasteiger charge is 2.39. The predicted octanol–water partition coefficient (Wildman–Crippen LogP) is 4.66. The number of hydrogen-bond donors (Lipinski definition) is 0. The van der Waals surface area contributed by atoms with Crippen molar-refractivity contribution in [1.29, 1.82) is 0 Å². The minimum atomic E-state index is -2.71. The Kier molecular flexibility index (Phi) is 5.49. The number of carbonyl (C=O) groups excluding carboxylic acids is 1. The smallest absolute Gasteiger partial charge is 0.266 e. The summed E-state index contributed by atoms with van der Waals surface area (Å²) in [6, 6.07) is 9.49.